The minimum atomic E-state index is -0.205. The smallest absolute Gasteiger partial charge is 0.234 e. The summed E-state index contributed by atoms with van der Waals surface area (Å²) in [5.41, 5.74) is 1.38. The molecular weight excluding hydrogens is 490 g/mol. The Morgan fingerprint density at radius 2 is 1.60 bits per heavy atom. The van der Waals surface area contributed by atoms with Gasteiger partial charge in [-0.1, -0.05) is 39.3 Å². The van der Waals surface area contributed by atoms with Crippen molar-refractivity contribution in [2.45, 2.75) is 25.0 Å². The predicted octanol–water partition coefficient (Wildman–Crippen LogP) is 4.63. The highest BCUT2D eigenvalue weighted by Gasteiger charge is 2.16. The fraction of sp³-hybridized carbons (Fsp3) is 0.200. The van der Waals surface area contributed by atoms with Crippen molar-refractivity contribution in [2.75, 3.05) is 16.4 Å². The van der Waals surface area contributed by atoms with Crippen LogP contribution in [0.4, 0.5) is 11.4 Å². The van der Waals surface area contributed by atoms with E-state index >= 15 is 0 Å². The van der Waals surface area contributed by atoms with Crippen LogP contribution < -0.4 is 10.6 Å². The summed E-state index contributed by atoms with van der Waals surface area (Å²) in [5, 5.41) is 15.1. The first-order valence-electron chi connectivity index (χ1n) is 9.10. The first-order valence-corrected chi connectivity index (χ1v) is 11.3. The van der Waals surface area contributed by atoms with E-state index in [0.29, 0.717) is 28.2 Å². The highest BCUT2D eigenvalue weighted by molar-refractivity contribution is 9.10. The Hall–Kier alpha value is -2.36. The Bertz CT molecular complexity index is 1020. The van der Waals surface area contributed by atoms with Crippen molar-refractivity contribution >= 4 is 62.5 Å². The van der Waals surface area contributed by atoms with Crippen LogP contribution in [0.15, 0.2) is 58.2 Å². The van der Waals surface area contributed by atoms with E-state index in [1.165, 1.54) is 11.8 Å². The zero-order valence-corrected chi connectivity index (χ0v) is 19.2. The summed E-state index contributed by atoms with van der Waals surface area (Å²) in [7, 11) is 0. The largest absolute Gasteiger partial charge is 0.326 e. The van der Waals surface area contributed by atoms with Crippen LogP contribution in [-0.2, 0) is 22.6 Å². The molecule has 156 valence electrons. The van der Waals surface area contributed by atoms with Gasteiger partial charge in [-0.2, -0.15) is 0 Å². The Morgan fingerprint density at radius 1 is 1.00 bits per heavy atom. The molecule has 3 aromatic rings. The van der Waals surface area contributed by atoms with Gasteiger partial charge in [0, 0.05) is 27.4 Å². The van der Waals surface area contributed by atoms with Crippen molar-refractivity contribution in [1.29, 1.82) is 0 Å². The lowest BCUT2D eigenvalue weighted by Gasteiger charge is -2.08. The molecule has 2 amide bonds. The zero-order chi connectivity index (χ0) is 21.5. The van der Waals surface area contributed by atoms with Crippen LogP contribution in [0.1, 0.15) is 12.7 Å². The van der Waals surface area contributed by atoms with Crippen molar-refractivity contribution in [3.63, 3.8) is 0 Å². The van der Waals surface area contributed by atoms with Gasteiger partial charge in [0.15, 0.2) is 5.16 Å². The molecule has 0 radical (unpaired) electrons. The van der Waals surface area contributed by atoms with E-state index in [-0.39, 0.29) is 24.0 Å². The monoisotopic (exact) mass is 507 g/mol. The number of thioether (sulfide) groups is 1. The van der Waals surface area contributed by atoms with Gasteiger partial charge in [-0.3, -0.25) is 9.59 Å². The quantitative estimate of drug-likeness (QED) is 0.433. The summed E-state index contributed by atoms with van der Waals surface area (Å²) in [6.45, 7) is 2.53. The second-order valence-electron chi connectivity index (χ2n) is 6.22. The maximum absolute atomic E-state index is 12.3. The minimum absolute atomic E-state index is 0.0785. The van der Waals surface area contributed by atoms with Gasteiger partial charge in [-0.05, 0) is 55.5 Å². The van der Waals surface area contributed by atoms with E-state index in [1.807, 2.05) is 35.8 Å². The number of hydrogen-bond acceptors (Lipinski definition) is 5. The average molecular weight is 509 g/mol. The Morgan fingerprint density at radius 3 is 2.23 bits per heavy atom. The number of halogens is 2. The van der Waals surface area contributed by atoms with Gasteiger partial charge >= 0.3 is 0 Å². The standard InChI is InChI=1S/C20H19BrClN5O2S/c1-2-27-17(11-18(28)23-16-9-5-14(22)6-10-16)25-26-20(27)30-12-19(29)24-15-7-3-13(21)4-8-15/h3-10H,2,11-12H2,1H3,(H,23,28)(H,24,29). The molecule has 2 N–H and O–H groups in total. The molecule has 2 aromatic carbocycles. The number of benzene rings is 2. The molecule has 30 heavy (non-hydrogen) atoms. The number of amides is 2. The Labute approximate surface area is 191 Å². The number of nitrogens with one attached hydrogen (secondary N) is 2. The van der Waals surface area contributed by atoms with Crippen LogP contribution in [0.25, 0.3) is 0 Å². The average Bonchev–Trinajstić information content (AvgIpc) is 3.11. The van der Waals surface area contributed by atoms with Gasteiger partial charge in [-0.15, -0.1) is 10.2 Å². The number of aromatic nitrogens is 3. The summed E-state index contributed by atoms with van der Waals surface area (Å²) in [5.74, 6) is 0.379. The second-order valence-corrected chi connectivity index (χ2v) is 8.51. The van der Waals surface area contributed by atoms with Crippen LogP contribution in [0.3, 0.4) is 0 Å². The molecule has 0 atom stereocenters. The third-order valence-corrected chi connectivity index (χ3v) is 5.76. The lowest BCUT2D eigenvalue weighted by molar-refractivity contribution is -0.116. The molecule has 1 heterocycles. The van der Waals surface area contributed by atoms with Gasteiger partial charge < -0.3 is 15.2 Å². The summed E-state index contributed by atoms with van der Waals surface area (Å²) in [6.07, 6.45) is 0.0785. The number of nitrogens with zero attached hydrogens (tertiary/aromatic N) is 3. The molecule has 0 bridgehead atoms. The molecule has 0 spiro atoms. The van der Waals surface area contributed by atoms with E-state index in [1.54, 1.807) is 24.3 Å². The van der Waals surface area contributed by atoms with Crippen LogP contribution in [0, 0.1) is 0 Å². The van der Waals surface area contributed by atoms with Crippen molar-refractivity contribution in [2.24, 2.45) is 0 Å². The second kappa shape index (κ2) is 10.6. The van der Waals surface area contributed by atoms with Crippen molar-refractivity contribution in [3.8, 4) is 0 Å². The molecule has 10 heteroatoms. The molecule has 3 rings (SSSR count). The van der Waals surface area contributed by atoms with Crippen LogP contribution in [0.2, 0.25) is 5.02 Å². The fourth-order valence-corrected chi connectivity index (χ4v) is 3.83. The summed E-state index contributed by atoms with van der Waals surface area (Å²) < 4.78 is 2.78. The molecule has 0 aliphatic rings. The topological polar surface area (TPSA) is 88.9 Å². The first-order chi connectivity index (χ1) is 14.4. The molecule has 7 nitrogen and oxygen atoms in total. The maximum Gasteiger partial charge on any atom is 0.234 e. The first kappa shape index (κ1) is 22.3. The normalized spacial score (nSPS) is 10.6. The van der Waals surface area contributed by atoms with Gasteiger partial charge in [0.25, 0.3) is 0 Å². The van der Waals surface area contributed by atoms with E-state index in [4.69, 9.17) is 11.6 Å². The molecule has 0 saturated carbocycles. The van der Waals surface area contributed by atoms with Gasteiger partial charge in [0.1, 0.15) is 5.82 Å². The molecule has 0 aliphatic carbocycles. The van der Waals surface area contributed by atoms with Gasteiger partial charge in [0.2, 0.25) is 11.8 Å². The zero-order valence-electron chi connectivity index (χ0n) is 16.1. The Balaban J connectivity index is 1.56. The van der Waals surface area contributed by atoms with E-state index in [0.717, 1.165) is 10.2 Å². The van der Waals surface area contributed by atoms with Gasteiger partial charge in [0.05, 0.1) is 12.2 Å². The highest BCUT2D eigenvalue weighted by atomic mass is 79.9. The van der Waals surface area contributed by atoms with E-state index in [9.17, 15) is 9.59 Å². The summed E-state index contributed by atoms with van der Waals surface area (Å²) in [6, 6.07) is 14.2. The molecule has 0 saturated heterocycles. The number of carbonyl (C=O) groups excluding carboxylic acids is 2. The van der Waals surface area contributed by atoms with Crippen molar-refractivity contribution in [1.82, 2.24) is 14.8 Å². The fourth-order valence-electron chi connectivity index (χ4n) is 2.62. The third-order valence-electron chi connectivity index (χ3n) is 4.02. The molecule has 0 aliphatic heterocycles. The minimum Gasteiger partial charge on any atom is -0.326 e. The van der Waals surface area contributed by atoms with E-state index in [2.05, 4.69) is 36.8 Å². The van der Waals surface area contributed by atoms with E-state index < -0.39 is 0 Å². The lowest BCUT2D eigenvalue weighted by atomic mass is 10.3. The summed E-state index contributed by atoms with van der Waals surface area (Å²) >= 11 is 10.5. The molecule has 0 unspecified atom stereocenters. The van der Waals surface area contributed by atoms with Crippen LogP contribution in [-0.4, -0.2) is 32.3 Å². The van der Waals surface area contributed by atoms with Crippen molar-refractivity contribution in [3.05, 3.63) is 63.9 Å². The number of rotatable bonds is 8. The third kappa shape index (κ3) is 6.32. The predicted molar refractivity (Wildman–Crippen MR) is 123 cm³/mol. The molecule has 0 fully saturated rings. The molecular formula is C20H19BrClN5O2S. The Kier molecular flexibility index (Phi) is 7.89. The highest BCUT2D eigenvalue weighted by Crippen LogP contribution is 2.19. The van der Waals surface area contributed by atoms with Crippen molar-refractivity contribution < 1.29 is 9.59 Å². The van der Waals surface area contributed by atoms with Gasteiger partial charge in [-0.25, -0.2) is 0 Å². The van der Waals surface area contributed by atoms with Crippen LogP contribution in [0.5, 0.6) is 0 Å². The molecule has 1 aromatic heterocycles. The van der Waals surface area contributed by atoms with Crippen LogP contribution >= 0.6 is 39.3 Å². The maximum atomic E-state index is 12.3. The lowest BCUT2D eigenvalue weighted by Crippen LogP contribution is -2.18. The number of hydrogen-bond donors (Lipinski definition) is 2. The number of anilines is 2. The summed E-state index contributed by atoms with van der Waals surface area (Å²) in [4.78, 5) is 24.5. The number of carbonyl (C=O) groups is 2. The SMILES string of the molecule is CCn1c(CC(=O)Nc2ccc(Cl)cc2)nnc1SCC(=O)Nc1ccc(Br)cc1.